The predicted molar refractivity (Wildman–Crippen MR) is 80.6 cm³/mol. The second-order valence-electron chi connectivity index (χ2n) is 4.16. The van der Waals surface area contributed by atoms with Crippen molar-refractivity contribution >= 4 is 32.7 Å². The number of rotatable bonds is 4. The molecule has 0 saturated carbocycles. The predicted octanol–water partition coefficient (Wildman–Crippen LogP) is 2.61. The van der Waals surface area contributed by atoms with Gasteiger partial charge in [-0.25, -0.2) is 9.97 Å². The zero-order valence-electron chi connectivity index (χ0n) is 10.7. The van der Waals surface area contributed by atoms with Crippen molar-refractivity contribution in [3.8, 4) is 0 Å². The minimum Gasteiger partial charge on any atom is -0.340 e. The lowest BCUT2D eigenvalue weighted by Gasteiger charge is -2.16. The Kier molecular flexibility index (Phi) is 4.66. The normalized spacial score (nSPS) is 12.2. The Bertz CT molecular complexity index is 571. The van der Waals surface area contributed by atoms with E-state index in [1.54, 1.807) is 18.6 Å². The average molecular weight is 340 g/mol. The van der Waals surface area contributed by atoms with Gasteiger partial charge in [0.1, 0.15) is 0 Å². The molecule has 1 heterocycles. The van der Waals surface area contributed by atoms with Crippen LogP contribution >= 0.6 is 15.9 Å². The van der Waals surface area contributed by atoms with Crippen LogP contribution in [0.25, 0.3) is 0 Å². The van der Waals surface area contributed by atoms with E-state index in [2.05, 4.69) is 25.9 Å². The van der Waals surface area contributed by atoms with Crippen molar-refractivity contribution in [1.82, 2.24) is 9.97 Å². The van der Waals surface area contributed by atoms with E-state index in [-0.39, 0.29) is 0 Å². The molecule has 2 rings (SSSR count). The first-order valence-corrected chi connectivity index (χ1v) is 8.02. The molecule has 0 radical (unpaired) electrons. The van der Waals surface area contributed by atoms with Crippen LogP contribution in [0.1, 0.15) is 5.56 Å². The van der Waals surface area contributed by atoms with E-state index in [4.69, 9.17) is 0 Å². The third kappa shape index (κ3) is 3.84. The molecule has 19 heavy (non-hydrogen) atoms. The fraction of sp³-hybridized carbons (Fsp3) is 0.231. The van der Waals surface area contributed by atoms with Gasteiger partial charge >= 0.3 is 0 Å². The van der Waals surface area contributed by atoms with E-state index in [0.717, 1.165) is 14.9 Å². The Morgan fingerprint density at radius 1 is 1.21 bits per heavy atom. The SMILES string of the molecule is CN(Cc1ccc([S@](C)=O)cc1)c1ncc(Br)cn1. The Labute approximate surface area is 123 Å². The fourth-order valence-electron chi connectivity index (χ4n) is 1.63. The smallest absolute Gasteiger partial charge is 0.225 e. The van der Waals surface area contributed by atoms with E-state index < -0.39 is 10.8 Å². The minimum atomic E-state index is -0.932. The molecule has 0 aliphatic carbocycles. The molecule has 1 aromatic carbocycles. The maximum Gasteiger partial charge on any atom is 0.225 e. The van der Waals surface area contributed by atoms with Crippen molar-refractivity contribution < 1.29 is 4.21 Å². The molecule has 1 atom stereocenters. The third-order valence-corrected chi connectivity index (χ3v) is 3.97. The van der Waals surface area contributed by atoms with Crippen LogP contribution in [0.4, 0.5) is 5.95 Å². The molecule has 0 spiro atoms. The van der Waals surface area contributed by atoms with Gasteiger partial charge in [-0.2, -0.15) is 0 Å². The summed E-state index contributed by atoms with van der Waals surface area (Å²) in [5.74, 6) is 0.673. The van der Waals surface area contributed by atoms with Crippen LogP contribution < -0.4 is 4.90 Å². The number of anilines is 1. The number of hydrogen-bond acceptors (Lipinski definition) is 4. The van der Waals surface area contributed by atoms with E-state index in [9.17, 15) is 4.21 Å². The Morgan fingerprint density at radius 2 is 1.79 bits per heavy atom. The molecule has 100 valence electrons. The summed E-state index contributed by atoms with van der Waals surface area (Å²) >= 11 is 3.31. The highest BCUT2D eigenvalue weighted by Gasteiger charge is 2.05. The molecule has 0 saturated heterocycles. The first kappa shape index (κ1) is 14.1. The fourth-order valence-corrected chi connectivity index (χ4v) is 2.36. The molecule has 0 unspecified atom stereocenters. The molecule has 6 heteroatoms. The van der Waals surface area contributed by atoms with Crippen molar-refractivity contribution in [3.05, 3.63) is 46.7 Å². The second kappa shape index (κ2) is 6.25. The summed E-state index contributed by atoms with van der Waals surface area (Å²) < 4.78 is 12.2. The van der Waals surface area contributed by atoms with Crippen LogP contribution in [0, 0.1) is 0 Å². The van der Waals surface area contributed by atoms with Crippen LogP contribution in [0.2, 0.25) is 0 Å². The van der Waals surface area contributed by atoms with Gasteiger partial charge in [0.05, 0.1) is 4.47 Å². The molecule has 0 aliphatic heterocycles. The summed E-state index contributed by atoms with van der Waals surface area (Å²) in [5, 5.41) is 0. The van der Waals surface area contributed by atoms with Gasteiger partial charge in [0.2, 0.25) is 5.95 Å². The van der Waals surface area contributed by atoms with Crippen LogP contribution in [0.3, 0.4) is 0 Å². The monoisotopic (exact) mass is 339 g/mol. The maximum atomic E-state index is 11.3. The van der Waals surface area contributed by atoms with Crippen molar-refractivity contribution in [2.75, 3.05) is 18.2 Å². The van der Waals surface area contributed by atoms with Crippen molar-refractivity contribution in [2.24, 2.45) is 0 Å². The van der Waals surface area contributed by atoms with E-state index in [0.29, 0.717) is 12.5 Å². The summed E-state index contributed by atoms with van der Waals surface area (Å²) in [6.07, 6.45) is 5.13. The van der Waals surface area contributed by atoms with Crippen LogP contribution in [0.15, 0.2) is 46.0 Å². The van der Waals surface area contributed by atoms with Crippen LogP contribution in [-0.2, 0) is 17.3 Å². The standard InChI is InChI=1S/C13H14BrN3OS/c1-17(13-15-7-11(14)8-16-13)9-10-3-5-12(6-4-10)19(2)18/h3-8H,9H2,1-2H3/t19-/m0/s1. The first-order valence-electron chi connectivity index (χ1n) is 5.67. The van der Waals surface area contributed by atoms with Gasteiger partial charge in [-0.1, -0.05) is 12.1 Å². The molecule has 0 fully saturated rings. The highest BCUT2D eigenvalue weighted by Crippen LogP contribution is 2.14. The summed E-state index contributed by atoms with van der Waals surface area (Å²) in [6.45, 7) is 0.707. The van der Waals surface area contributed by atoms with Gasteiger partial charge in [0.15, 0.2) is 0 Å². The lowest BCUT2D eigenvalue weighted by molar-refractivity contribution is 0.686. The number of hydrogen-bond donors (Lipinski definition) is 0. The lowest BCUT2D eigenvalue weighted by Crippen LogP contribution is -2.18. The van der Waals surface area contributed by atoms with Crippen LogP contribution in [0.5, 0.6) is 0 Å². The zero-order chi connectivity index (χ0) is 13.8. The van der Waals surface area contributed by atoms with E-state index >= 15 is 0 Å². The molecule has 1 aromatic heterocycles. The first-order chi connectivity index (χ1) is 9.06. The molecular weight excluding hydrogens is 326 g/mol. The van der Waals surface area contributed by atoms with Gasteiger partial charge in [0, 0.05) is 47.9 Å². The zero-order valence-corrected chi connectivity index (χ0v) is 13.1. The highest BCUT2D eigenvalue weighted by atomic mass is 79.9. The molecule has 0 bridgehead atoms. The Hall–Kier alpha value is -1.27. The Morgan fingerprint density at radius 3 is 2.32 bits per heavy atom. The van der Waals surface area contributed by atoms with E-state index in [1.807, 2.05) is 36.2 Å². The second-order valence-corrected chi connectivity index (χ2v) is 6.45. The van der Waals surface area contributed by atoms with Crippen molar-refractivity contribution in [2.45, 2.75) is 11.4 Å². The summed E-state index contributed by atoms with van der Waals surface area (Å²) in [4.78, 5) is 11.3. The number of halogens is 1. The average Bonchev–Trinajstić information content (AvgIpc) is 2.40. The quantitative estimate of drug-likeness (QED) is 0.858. The van der Waals surface area contributed by atoms with Gasteiger partial charge in [-0.15, -0.1) is 0 Å². The lowest BCUT2D eigenvalue weighted by atomic mass is 10.2. The molecule has 0 amide bonds. The summed E-state index contributed by atoms with van der Waals surface area (Å²) in [7, 11) is 1.01. The van der Waals surface area contributed by atoms with Gasteiger partial charge in [-0.05, 0) is 33.6 Å². The maximum absolute atomic E-state index is 11.3. The van der Waals surface area contributed by atoms with Gasteiger partial charge in [-0.3, -0.25) is 4.21 Å². The van der Waals surface area contributed by atoms with Crippen molar-refractivity contribution in [1.29, 1.82) is 0 Å². The molecule has 0 N–H and O–H groups in total. The molecular formula is C13H14BrN3OS. The van der Waals surface area contributed by atoms with Gasteiger partial charge < -0.3 is 4.90 Å². The number of aromatic nitrogens is 2. The summed E-state index contributed by atoms with van der Waals surface area (Å²) in [5.41, 5.74) is 1.13. The number of nitrogens with zero attached hydrogens (tertiary/aromatic N) is 3. The highest BCUT2D eigenvalue weighted by molar-refractivity contribution is 9.10. The molecule has 2 aromatic rings. The number of benzene rings is 1. The third-order valence-electron chi connectivity index (χ3n) is 2.62. The summed E-state index contributed by atoms with van der Waals surface area (Å²) in [6, 6.07) is 7.74. The minimum absolute atomic E-state index is 0.673. The Balaban J connectivity index is 2.08. The topological polar surface area (TPSA) is 46.1 Å². The molecule has 4 nitrogen and oxygen atoms in total. The van der Waals surface area contributed by atoms with Crippen LogP contribution in [-0.4, -0.2) is 27.5 Å². The van der Waals surface area contributed by atoms with Crippen molar-refractivity contribution in [3.63, 3.8) is 0 Å². The molecule has 0 aliphatic rings. The largest absolute Gasteiger partial charge is 0.340 e. The van der Waals surface area contributed by atoms with Gasteiger partial charge in [0.25, 0.3) is 0 Å². The van der Waals surface area contributed by atoms with E-state index in [1.165, 1.54) is 0 Å².